The van der Waals surface area contributed by atoms with Crippen molar-refractivity contribution in [2.24, 2.45) is 0 Å². The first-order chi connectivity index (χ1) is 10.6. The van der Waals surface area contributed by atoms with Crippen LogP contribution in [0.25, 0.3) is 5.69 Å². The molecule has 0 radical (unpaired) electrons. The summed E-state index contributed by atoms with van der Waals surface area (Å²) in [6, 6.07) is 7.79. The van der Waals surface area contributed by atoms with Crippen LogP contribution in [0.2, 0.25) is 0 Å². The van der Waals surface area contributed by atoms with Crippen molar-refractivity contribution < 1.29 is 9.47 Å². The van der Waals surface area contributed by atoms with Crippen LogP contribution in [0, 0.1) is 0 Å². The van der Waals surface area contributed by atoms with Crippen LogP contribution in [0.3, 0.4) is 0 Å². The molecular weight excluding hydrogens is 280 g/mol. The Labute approximate surface area is 130 Å². The molecule has 1 aliphatic heterocycles. The van der Waals surface area contributed by atoms with Gasteiger partial charge in [-0.25, -0.2) is 4.68 Å². The van der Waals surface area contributed by atoms with Crippen LogP contribution in [0.1, 0.15) is 19.5 Å². The molecule has 3 rings (SSSR count). The van der Waals surface area contributed by atoms with E-state index in [1.165, 1.54) is 0 Å². The number of methoxy groups -OCH3 is 1. The molecule has 1 aromatic heterocycles. The van der Waals surface area contributed by atoms with E-state index in [2.05, 4.69) is 29.1 Å². The van der Waals surface area contributed by atoms with E-state index in [9.17, 15) is 0 Å². The van der Waals surface area contributed by atoms with E-state index < -0.39 is 0 Å². The third-order valence-corrected chi connectivity index (χ3v) is 3.74. The van der Waals surface area contributed by atoms with Gasteiger partial charge in [0.25, 0.3) is 0 Å². The second-order valence-electron chi connectivity index (χ2n) is 5.81. The van der Waals surface area contributed by atoms with Crippen LogP contribution in [-0.2, 0) is 11.3 Å². The Morgan fingerprint density at radius 2 is 2.05 bits per heavy atom. The van der Waals surface area contributed by atoms with Gasteiger partial charge in [-0.15, -0.1) is 5.10 Å². The molecule has 0 bridgehead atoms. The molecule has 1 saturated heterocycles. The molecule has 118 valence electrons. The molecule has 0 saturated carbocycles. The average Bonchev–Trinajstić information content (AvgIpc) is 2.95. The van der Waals surface area contributed by atoms with Crippen molar-refractivity contribution in [3.05, 3.63) is 36.2 Å². The van der Waals surface area contributed by atoms with Crippen LogP contribution in [0.15, 0.2) is 30.5 Å². The number of nitrogens with zero attached hydrogens (tertiary/aromatic N) is 4. The fourth-order valence-electron chi connectivity index (χ4n) is 2.89. The third-order valence-electron chi connectivity index (χ3n) is 3.74. The van der Waals surface area contributed by atoms with Crippen LogP contribution >= 0.6 is 0 Å². The first-order valence-electron chi connectivity index (χ1n) is 7.57. The molecule has 6 heteroatoms. The Morgan fingerprint density at radius 1 is 1.27 bits per heavy atom. The van der Waals surface area contributed by atoms with E-state index in [1.54, 1.807) is 11.8 Å². The van der Waals surface area contributed by atoms with E-state index in [1.807, 2.05) is 30.5 Å². The Morgan fingerprint density at radius 3 is 2.77 bits per heavy atom. The molecular formula is C16H22N4O2. The Balaban J connectivity index is 1.70. The molecule has 2 atom stereocenters. The largest absolute Gasteiger partial charge is 0.497 e. The molecule has 1 aliphatic rings. The van der Waals surface area contributed by atoms with Gasteiger partial charge in [0, 0.05) is 25.7 Å². The number of benzene rings is 1. The fraction of sp³-hybridized carbons (Fsp3) is 0.500. The Hall–Kier alpha value is -1.92. The molecule has 6 nitrogen and oxygen atoms in total. The highest BCUT2D eigenvalue weighted by molar-refractivity contribution is 5.38. The maximum absolute atomic E-state index is 5.76. The summed E-state index contributed by atoms with van der Waals surface area (Å²) in [4.78, 5) is 2.36. The third kappa shape index (κ3) is 3.45. The maximum Gasteiger partial charge on any atom is 0.121 e. The molecule has 0 unspecified atom stereocenters. The summed E-state index contributed by atoms with van der Waals surface area (Å²) in [5.74, 6) is 0.811. The van der Waals surface area contributed by atoms with E-state index in [4.69, 9.17) is 9.47 Å². The minimum atomic E-state index is 0.261. The van der Waals surface area contributed by atoms with E-state index in [0.29, 0.717) is 0 Å². The van der Waals surface area contributed by atoms with Gasteiger partial charge >= 0.3 is 0 Å². The molecule has 22 heavy (non-hydrogen) atoms. The summed E-state index contributed by atoms with van der Waals surface area (Å²) in [6.45, 7) is 6.86. The minimum Gasteiger partial charge on any atom is -0.497 e. The van der Waals surface area contributed by atoms with Gasteiger partial charge in [-0.05, 0) is 26.0 Å². The lowest BCUT2D eigenvalue weighted by Gasteiger charge is -2.34. The highest BCUT2D eigenvalue weighted by atomic mass is 16.5. The summed E-state index contributed by atoms with van der Waals surface area (Å²) in [7, 11) is 1.66. The molecule has 2 aromatic rings. The van der Waals surface area contributed by atoms with E-state index >= 15 is 0 Å². The second-order valence-corrected chi connectivity index (χ2v) is 5.81. The molecule has 0 aliphatic carbocycles. The lowest BCUT2D eigenvalue weighted by molar-refractivity contribution is -0.0707. The predicted octanol–water partition coefficient (Wildman–Crippen LogP) is 1.89. The number of aromatic nitrogens is 3. The van der Waals surface area contributed by atoms with Gasteiger partial charge in [-0.3, -0.25) is 4.90 Å². The maximum atomic E-state index is 5.76. The smallest absolute Gasteiger partial charge is 0.121 e. The highest BCUT2D eigenvalue weighted by Crippen LogP contribution is 2.17. The predicted molar refractivity (Wildman–Crippen MR) is 83.2 cm³/mol. The Bertz CT molecular complexity index is 618. The molecule has 0 spiro atoms. The summed E-state index contributed by atoms with van der Waals surface area (Å²) >= 11 is 0. The van der Waals surface area contributed by atoms with Gasteiger partial charge in [0.05, 0.1) is 36.9 Å². The minimum absolute atomic E-state index is 0.261. The van der Waals surface area contributed by atoms with Gasteiger partial charge in [0.2, 0.25) is 0 Å². The number of morpholine rings is 1. The van der Waals surface area contributed by atoms with Gasteiger partial charge in [0.1, 0.15) is 5.75 Å². The number of rotatable bonds is 4. The topological polar surface area (TPSA) is 52.4 Å². The SMILES string of the molecule is COc1cccc(-n2cc(CN3C[C@@H](C)O[C@@H](C)C3)nn2)c1. The van der Waals surface area contributed by atoms with Crippen LogP contribution in [0.4, 0.5) is 0 Å². The quantitative estimate of drug-likeness (QED) is 0.863. The summed E-state index contributed by atoms with van der Waals surface area (Å²) in [6.07, 6.45) is 2.49. The Kier molecular flexibility index (Phi) is 4.40. The fourth-order valence-corrected chi connectivity index (χ4v) is 2.89. The van der Waals surface area contributed by atoms with Crippen LogP contribution in [-0.4, -0.2) is 52.3 Å². The van der Waals surface area contributed by atoms with Gasteiger partial charge < -0.3 is 9.47 Å². The van der Waals surface area contributed by atoms with Gasteiger partial charge in [0.15, 0.2) is 0 Å². The lowest BCUT2D eigenvalue weighted by Crippen LogP contribution is -2.44. The van der Waals surface area contributed by atoms with Crippen molar-refractivity contribution in [2.75, 3.05) is 20.2 Å². The second kappa shape index (κ2) is 6.46. The average molecular weight is 302 g/mol. The number of hydrogen-bond acceptors (Lipinski definition) is 5. The number of hydrogen-bond donors (Lipinski definition) is 0. The van der Waals surface area contributed by atoms with Gasteiger partial charge in [-0.1, -0.05) is 11.3 Å². The molecule has 2 heterocycles. The summed E-state index contributed by atoms with van der Waals surface area (Å²) < 4.78 is 12.8. The van der Waals surface area contributed by atoms with E-state index in [-0.39, 0.29) is 12.2 Å². The van der Waals surface area contributed by atoms with Crippen molar-refractivity contribution in [2.45, 2.75) is 32.6 Å². The first-order valence-corrected chi connectivity index (χ1v) is 7.57. The summed E-state index contributed by atoms with van der Waals surface area (Å²) in [5, 5.41) is 8.50. The molecule has 0 amide bonds. The molecule has 1 fully saturated rings. The van der Waals surface area contributed by atoms with Crippen LogP contribution < -0.4 is 4.74 Å². The lowest BCUT2D eigenvalue weighted by atomic mass is 10.2. The van der Waals surface area contributed by atoms with Crippen molar-refractivity contribution in [1.82, 2.24) is 19.9 Å². The van der Waals surface area contributed by atoms with E-state index in [0.717, 1.165) is 36.8 Å². The normalized spacial score (nSPS) is 22.7. The zero-order valence-corrected chi connectivity index (χ0v) is 13.3. The van der Waals surface area contributed by atoms with Crippen molar-refractivity contribution in [1.29, 1.82) is 0 Å². The standard InChI is InChI=1S/C16H22N4O2/c1-12-8-19(9-13(2)22-12)10-14-11-20(18-17-14)15-5-4-6-16(7-15)21-3/h4-7,11-13H,8-10H2,1-3H3/t12-,13+. The van der Waals surface area contributed by atoms with Crippen molar-refractivity contribution in [3.8, 4) is 11.4 Å². The highest BCUT2D eigenvalue weighted by Gasteiger charge is 2.22. The number of ether oxygens (including phenoxy) is 2. The first kappa shape index (κ1) is 15.0. The van der Waals surface area contributed by atoms with Crippen molar-refractivity contribution in [3.63, 3.8) is 0 Å². The zero-order chi connectivity index (χ0) is 15.5. The van der Waals surface area contributed by atoms with Gasteiger partial charge in [-0.2, -0.15) is 0 Å². The zero-order valence-electron chi connectivity index (χ0n) is 13.3. The van der Waals surface area contributed by atoms with Crippen LogP contribution in [0.5, 0.6) is 5.75 Å². The monoisotopic (exact) mass is 302 g/mol. The molecule has 1 aromatic carbocycles. The molecule has 0 N–H and O–H groups in total. The van der Waals surface area contributed by atoms with Crippen molar-refractivity contribution >= 4 is 0 Å². The summed E-state index contributed by atoms with van der Waals surface area (Å²) in [5.41, 5.74) is 1.91.